The molecule has 3 N–H and O–H groups in total. The number of nitrogens with one attached hydrogen (secondary N) is 1. The van der Waals surface area contributed by atoms with Crippen molar-refractivity contribution < 1.29 is 9.53 Å². The van der Waals surface area contributed by atoms with Crippen molar-refractivity contribution in [3.05, 3.63) is 23.5 Å². The van der Waals surface area contributed by atoms with Crippen LogP contribution in [-0.2, 0) is 11.3 Å². The van der Waals surface area contributed by atoms with Gasteiger partial charge in [0, 0.05) is 12.2 Å². The number of nitrogens with zero attached hydrogens (tertiary/aromatic N) is 1. The molecule has 1 aromatic rings. The van der Waals surface area contributed by atoms with Crippen molar-refractivity contribution in [1.82, 2.24) is 10.3 Å². The number of aromatic nitrogens is 1. The molecule has 0 spiro atoms. The Bertz CT molecular complexity index is 379. The molecule has 1 amide bonds. The van der Waals surface area contributed by atoms with Crippen molar-refractivity contribution in [3.8, 4) is 5.75 Å². The van der Waals surface area contributed by atoms with Crippen molar-refractivity contribution >= 4 is 5.91 Å². The minimum absolute atomic E-state index is 0.490. The second-order valence-corrected chi connectivity index (χ2v) is 3.59. The Morgan fingerprint density at radius 1 is 1.62 bits per heavy atom. The zero-order valence-corrected chi connectivity index (χ0v) is 9.78. The van der Waals surface area contributed by atoms with Crippen molar-refractivity contribution in [2.75, 3.05) is 7.05 Å². The van der Waals surface area contributed by atoms with Gasteiger partial charge in [0.05, 0.1) is 5.69 Å². The number of hydrogen-bond acceptors (Lipinski definition) is 4. The molecule has 0 fully saturated rings. The van der Waals surface area contributed by atoms with E-state index in [1.54, 1.807) is 13.0 Å². The molecule has 0 aliphatic heterocycles. The maximum Gasteiger partial charge on any atom is 0.258 e. The van der Waals surface area contributed by atoms with E-state index in [-0.39, 0.29) is 0 Å². The molecule has 16 heavy (non-hydrogen) atoms. The Morgan fingerprint density at radius 2 is 2.31 bits per heavy atom. The maximum atomic E-state index is 10.9. The van der Waals surface area contributed by atoms with E-state index in [1.165, 1.54) is 0 Å². The van der Waals surface area contributed by atoms with Crippen LogP contribution in [0.2, 0.25) is 0 Å². The number of amides is 1. The minimum atomic E-state index is -0.653. The number of carbonyl (C=O) groups is 1. The lowest BCUT2D eigenvalue weighted by molar-refractivity contribution is -0.124. The Balaban J connectivity index is 2.89. The molecular formula is C11H17N3O2. The fourth-order valence-electron chi connectivity index (χ4n) is 1.25. The van der Waals surface area contributed by atoms with Gasteiger partial charge in [0.2, 0.25) is 0 Å². The summed E-state index contributed by atoms with van der Waals surface area (Å²) in [6, 6.07) is 3.64. The zero-order chi connectivity index (χ0) is 12.1. The fourth-order valence-corrected chi connectivity index (χ4v) is 1.25. The average Bonchev–Trinajstić information content (AvgIpc) is 2.22. The zero-order valence-electron chi connectivity index (χ0n) is 9.78. The number of hydrogen-bond donors (Lipinski definition) is 2. The Kier molecular flexibility index (Phi) is 4.25. The first-order valence-electron chi connectivity index (χ1n) is 5.11. The summed E-state index contributed by atoms with van der Waals surface area (Å²) < 4.78 is 5.44. The first-order chi connectivity index (χ1) is 7.54. The third kappa shape index (κ3) is 3.20. The van der Waals surface area contributed by atoms with E-state index in [9.17, 15) is 4.79 Å². The lowest BCUT2D eigenvalue weighted by Crippen LogP contribution is -2.31. The van der Waals surface area contributed by atoms with E-state index < -0.39 is 12.0 Å². The number of primary amides is 1. The second-order valence-electron chi connectivity index (χ2n) is 3.59. The standard InChI is InChI=1S/C11H17N3O2/c1-7-4-5-10(9(14-7)6-13-3)16-8(2)11(12)15/h4-5,8,13H,6H2,1-3H3,(H2,12,15). The monoisotopic (exact) mass is 223 g/mol. The number of ether oxygens (including phenoxy) is 1. The summed E-state index contributed by atoms with van der Waals surface area (Å²) in [5.41, 5.74) is 6.82. The summed E-state index contributed by atoms with van der Waals surface area (Å²) in [7, 11) is 1.82. The van der Waals surface area contributed by atoms with Crippen LogP contribution in [0, 0.1) is 6.92 Å². The molecular weight excluding hydrogens is 206 g/mol. The smallest absolute Gasteiger partial charge is 0.258 e. The minimum Gasteiger partial charge on any atom is -0.479 e. The van der Waals surface area contributed by atoms with Gasteiger partial charge in [-0.05, 0) is 33.0 Å². The molecule has 0 bridgehead atoms. The predicted octanol–water partition coefficient (Wildman–Crippen LogP) is 0.362. The van der Waals surface area contributed by atoms with E-state index in [1.807, 2.05) is 20.0 Å². The Labute approximate surface area is 95.0 Å². The van der Waals surface area contributed by atoms with Crippen LogP contribution in [0.3, 0.4) is 0 Å². The SMILES string of the molecule is CNCc1nc(C)ccc1OC(C)C(N)=O. The summed E-state index contributed by atoms with van der Waals surface area (Å²) in [6.45, 7) is 4.11. The Morgan fingerprint density at radius 3 is 2.88 bits per heavy atom. The highest BCUT2D eigenvalue weighted by Gasteiger charge is 2.13. The van der Waals surface area contributed by atoms with Crippen molar-refractivity contribution in [1.29, 1.82) is 0 Å². The van der Waals surface area contributed by atoms with Gasteiger partial charge in [-0.25, -0.2) is 0 Å². The van der Waals surface area contributed by atoms with Crippen LogP contribution < -0.4 is 15.8 Å². The molecule has 1 atom stereocenters. The lowest BCUT2D eigenvalue weighted by Gasteiger charge is -2.14. The van der Waals surface area contributed by atoms with Crippen LogP contribution in [0.4, 0.5) is 0 Å². The summed E-state index contributed by atoms with van der Waals surface area (Å²) in [6.07, 6.45) is -0.653. The lowest BCUT2D eigenvalue weighted by atomic mass is 10.2. The normalized spacial score (nSPS) is 12.2. The van der Waals surface area contributed by atoms with Crippen molar-refractivity contribution in [3.63, 3.8) is 0 Å². The second kappa shape index (κ2) is 5.46. The van der Waals surface area contributed by atoms with Gasteiger partial charge in [-0.15, -0.1) is 0 Å². The van der Waals surface area contributed by atoms with Crippen LogP contribution in [0.1, 0.15) is 18.3 Å². The van der Waals surface area contributed by atoms with Gasteiger partial charge in [0.25, 0.3) is 5.91 Å². The third-order valence-corrected chi connectivity index (χ3v) is 2.12. The first kappa shape index (κ1) is 12.4. The molecule has 1 rings (SSSR count). The van der Waals surface area contributed by atoms with Gasteiger partial charge in [-0.2, -0.15) is 0 Å². The summed E-state index contributed by atoms with van der Waals surface area (Å²) in [5, 5.41) is 3.00. The van der Waals surface area contributed by atoms with Crippen LogP contribution >= 0.6 is 0 Å². The molecule has 0 aliphatic carbocycles. The van der Waals surface area contributed by atoms with Gasteiger partial charge in [0.1, 0.15) is 5.75 Å². The van der Waals surface area contributed by atoms with Gasteiger partial charge in [-0.3, -0.25) is 9.78 Å². The van der Waals surface area contributed by atoms with Crippen LogP contribution in [0.15, 0.2) is 12.1 Å². The Hall–Kier alpha value is -1.62. The summed E-state index contributed by atoms with van der Waals surface area (Å²) in [4.78, 5) is 15.2. The van der Waals surface area contributed by atoms with E-state index >= 15 is 0 Å². The molecule has 1 heterocycles. The van der Waals surface area contributed by atoms with Gasteiger partial charge in [0.15, 0.2) is 6.10 Å². The molecule has 1 unspecified atom stereocenters. The topological polar surface area (TPSA) is 77.2 Å². The van der Waals surface area contributed by atoms with Crippen LogP contribution in [0.25, 0.3) is 0 Å². The maximum absolute atomic E-state index is 10.9. The quantitative estimate of drug-likeness (QED) is 0.755. The average molecular weight is 223 g/mol. The van der Waals surface area contributed by atoms with Crippen LogP contribution in [-0.4, -0.2) is 24.0 Å². The van der Waals surface area contributed by atoms with Crippen LogP contribution in [0.5, 0.6) is 5.75 Å². The molecule has 0 aromatic carbocycles. The van der Waals surface area contributed by atoms with Gasteiger partial charge in [-0.1, -0.05) is 0 Å². The van der Waals surface area contributed by atoms with Gasteiger partial charge < -0.3 is 15.8 Å². The van der Waals surface area contributed by atoms with E-state index in [0.29, 0.717) is 12.3 Å². The summed E-state index contributed by atoms with van der Waals surface area (Å²) in [5.74, 6) is 0.0993. The number of pyridine rings is 1. The fraction of sp³-hybridized carbons (Fsp3) is 0.455. The highest BCUT2D eigenvalue weighted by molar-refractivity contribution is 5.78. The van der Waals surface area contributed by atoms with E-state index in [0.717, 1.165) is 11.4 Å². The van der Waals surface area contributed by atoms with Crippen molar-refractivity contribution in [2.24, 2.45) is 5.73 Å². The molecule has 88 valence electrons. The molecule has 0 radical (unpaired) electrons. The third-order valence-electron chi connectivity index (χ3n) is 2.12. The van der Waals surface area contributed by atoms with E-state index in [2.05, 4.69) is 10.3 Å². The van der Waals surface area contributed by atoms with Crippen molar-refractivity contribution in [2.45, 2.75) is 26.5 Å². The predicted molar refractivity (Wildman–Crippen MR) is 61.0 cm³/mol. The number of rotatable bonds is 5. The number of nitrogens with two attached hydrogens (primary N) is 1. The highest BCUT2D eigenvalue weighted by atomic mass is 16.5. The molecule has 5 nitrogen and oxygen atoms in total. The largest absolute Gasteiger partial charge is 0.479 e. The van der Waals surface area contributed by atoms with E-state index in [4.69, 9.17) is 10.5 Å². The number of carbonyl (C=O) groups excluding carboxylic acids is 1. The first-order valence-corrected chi connectivity index (χ1v) is 5.11. The molecule has 0 aliphatic rings. The highest BCUT2D eigenvalue weighted by Crippen LogP contribution is 2.18. The summed E-state index contributed by atoms with van der Waals surface area (Å²) >= 11 is 0. The molecule has 0 saturated heterocycles. The number of aryl methyl sites for hydroxylation is 1. The molecule has 0 saturated carbocycles. The molecule has 1 aromatic heterocycles. The molecule has 5 heteroatoms. The van der Waals surface area contributed by atoms with Gasteiger partial charge >= 0.3 is 0 Å².